The molecule has 0 aliphatic heterocycles. The van der Waals surface area contributed by atoms with Crippen molar-refractivity contribution in [2.24, 2.45) is 0 Å². The van der Waals surface area contributed by atoms with Gasteiger partial charge in [-0.1, -0.05) is 23.2 Å². The molecule has 0 atom stereocenters. The van der Waals surface area contributed by atoms with Gasteiger partial charge < -0.3 is 19.5 Å². The van der Waals surface area contributed by atoms with E-state index in [-0.39, 0.29) is 30.4 Å². The third-order valence-corrected chi connectivity index (χ3v) is 5.95. The van der Waals surface area contributed by atoms with Crippen molar-refractivity contribution in [1.82, 2.24) is 9.97 Å². The maximum Gasteiger partial charge on any atom is 0.353 e. The van der Waals surface area contributed by atoms with Crippen molar-refractivity contribution in [1.29, 1.82) is 0 Å². The quantitative estimate of drug-likeness (QED) is 0.147. The summed E-state index contributed by atoms with van der Waals surface area (Å²) in [7, 11) is 0. The summed E-state index contributed by atoms with van der Waals surface area (Å²) in [6.45, 7) is 0.376. The van der Waals surface area contributed by atoms with Crippen LogP contribution in [0.3, 0.4) is 0 Å². The lowest BCUT2D eigenvalue weighted by atomic mass is 10.2. The Bertz CT molecular complexity index is 1430. The molecule has 0 bridgehead atoms. The van der Waals surface area contributed by atoms with E-state index in [0.717, 1.165) is 11.1 Å². The van der Waals surface area contributed by atoms with E-state index in [0.29, 0.717) is 33.1 Å². The molecule has 5 rings (SSSR count). The van der Waals surface area contributed by atoms with Crippen LogP contribution in [0.15, 0.2) is 88.0 Å². The van der Waals surface area contributed by atoms with Gasteiger partial charge in [0.25, 0.3) is 0 Å². The van der Waals surface area contributed by atoms with Crippen LogP contribution in [0.5, 0.6) is 0 Å². The van der Waals surface area contributed by atoms with Crippen molar-refractivity contribution in [3.8, 4) is 22.6 Å². The second-order valence-corrected chi connectivity index (χ2v) is 8.80. The van der Waals surface area contributed by atoms with Crippen molar-refractivity contribution >= 4 is 40.5 Å². The van der Waals surface area contributed by atoms with Gasteiger partial charge in [-0.3, -0.25) is 10.1 Å². The third kappa shape index (κ3) is 5.74. The van der Waals surface area contributed by atoms with E-state index >= 15 is 0 Å². The highest BCUT2D eigenvalue weighted by Gasteiger charge is 2.23. The maximum atomic E-state index is 11.9. The molecule has 3 aromatic heterocycles. The molecule has 0 amide bonds. The van der Waals surface area contributed by atoms with Crippen LogP contribution in [0.2, 0.25) is 10.0 Å². The number of hydrogen-bond acceptors (Lipinski definition) is 8. The Hall–Kier alpha value is -4.34. The van der Waals surface area contributed by atoms with Gasteiger partial charge in [-0.05, 0) is 72.8 Å². The van der Waals surface area contributed by atoms with Crippen LogP contribution < -0.4 is 10.6 Å². The summed E-state index contributed by atoms with van der Waals surface area (Å²) in [5.74, 6) is 2.60. The molecule has 186 valence electrons. The van der Waals surface area contributed by atoms with Gasteiger partial charge in [-0.2, -0.15) is 0 Å². The number of furan rings is 2. The van der Waals surface area contributed by atoms with Crippen LogP contribution in [0, 0.1) is 10.1 Å². The second-order valence-electron chi connectivity index (χ2n) is 7.93. The summed E-state index contributed by atoms with van der Waals surface area (Å²) >= 11 is 11.9. The molecule has 0 aliphatic carbocycles. The number of anilines is 2. The molecule has 0 unspecified atom stereocenters. The first-order chi connectivity index (χ1) is 18.0. The number of aromatic nitrogens is 2. The van der Waals surface area contributed by atoms with Crippen LogP contribution in [-0.4, -0.2) is 14.9 Å². The molecule has 37 heavy (non-hydrogen) atoms. The molecule has 0 fully saturated rings. The normalized spacial score (nSPS) is 10.9. The molecule has 3 heterocycles. The van der Waals surface area contributed by atoms with E-state index in [2.05, 4.69) is 20.6 Å². The van der Waals surface area contributed by atoms with Crippen LogP contribution in [0.4, 0.5) is 17.3 Å². The minimum absolute atomic E-state index is 0.0632. The lowest BCUT2D eigenvalue weighted by molar-refractivity contribution is -0.383. The predicted octanol–water partition coefficient (Wildman–Crippen LogP) is 7.44. The van der Waals surface area contributed by atoms with Crippen molar-refractivity contribution in [2.45, 2.75) is 13.1 Å². The number of nitrogens with zero attached hydrogens (tertiary/aromatic N) is 3. The predicted molar refractivity (Wildman–Crippen MR) is 142 cm³/mol. The molecule has 0 aliphatic rings. The zero-order chi connectivity index (χ0) is 25.8. The number of benzene rings is 2. The standard InChI is InChI=1S/C26H19Cl2N5O4/c27-18-5-1-16(2-6-18)22-11-9-20(36-22)13-29-25-24(33(34)35)26(32-15-31-25)30-14-21-10-12-23(37-21)17-3-7-19(28)8-4-17/h1-12,15H,13-14H2,(H2,29,30,31,32). The molecular weight excluding hydrogens is 517 g/mol. The van der Waals surface area contributed by atoms with Gasteiger partial charge in [0.05, 0.1) is 18.0 Å². The first kappa shape index (κ1) is 24.4. The van der Waals surface area contributed by atoms with E-state index < -0.39 is 4.92 Å². The summed E-state index contributed by atoms with van der Waals surface area (Å²) in [6.07, 6.45) is 1.25. The summed E-state index contributed by atoms with van der Waals surface area (Å²) in [6, 6.07) is 21.7. The topological polar surface area (TPSA) is 119 Å². The Morgan fingerprint density at radius 1 is 0.703 bits per heavy atom. The Morgan fingerprint density at radius 2 is 1.14 bits per heavy atom. The summed E-state index contributed by atoms with van der Waals surface area (Å²) in [4.78, 5) is 19.5. The molecule has 11 heteroatoms. The van der Waals surface area contributed by atoms with Crippen molar-refractivity contribution in [3.63, 3.8) is 0 Å². The second kappa shape index (κ2) is 10.7. The molecule has 5 aromatic rings. The molecule has 9 nitrogen and oxygen atoms in total. The Morgan fingerprint density at radius 3 is 1.54 bits per heavy atom. The van der Waals surface area contributed by atoms with Gasteiger partial charge >= 0.3 is 5.69 Å². The number of hydrogen-bond donors (Lipinski definition) is 2. The van der Waals surface area contributed by atoms with E-state index in [1.807, 2.05) is 36.4 Å². The SMILES string of the molecule is O=[N+]([O-])c1c(NCc2ccc(-c3ccc(Cl)cc3)o2)ncnc1NCc1ccc(-c2ccc(Cl)cc2)o1. The van der Waals surface area contributed by atoms with Gasteiger partial charge in [0.15, 0.2) is 0 Å². The number of nitrogens with one attached hydrogen (secondary N) is 2. The summed E-state index contributed by atoms with van der Waals surface area (Å²) in [5, 5.41) is 19.1. The first-order valence-corrected chi connectivity index (χ1v) is 11.9. The fraction of sp³-hybridized carbons (Fsp3) is 0.0769. The molecular formula is C26H19Cl2N5O4. The van der Waals surface area contributed by atoms with Gasteiger partial charge in [0.2, 0.25) is 11.6 Å². The van der Waals surface area contributed by atoms with Crippen LogP contribution in [-0.2, 0) is 13.1 Å². The largest absolute Gasteiger partial charge is 0.459 e. The zero-order valence-corrected chi connectivity index (χ0v) is 20.7. The van der Waals surface area contributed by atoms with Crippen LogP contribution in [0.1, 0.15) is 11.5 Å². The van der Waals surface area contributed by atoms with E-state index in [9.17, 15) is 10.1 Å². The molecule has 0 saturated heterocycles. The molecule has 2 aromatic carbocycles. The Kier molecular flexibility index (Phi) is 7.07. The minimum atomic E-state index is -0.535. The fourth-order valence-corrected chi connectivity index (χ4v) is 3.89. The Balaban J connectivity index is 1.27. The smallest absolute Gasteiger partial charge is 0.353 e. The number of rotatable bonds is 9. The zero-order valence-electron chi connectivity index (χ0n) is 19.2. The van der Waals surface area contributed by atoms with Gasteiger partial charge in [-0.15, -0.1) is 0 Å². The lowest BCUT2D eigenvalue weighted by Crippen LogP contribution is -2.09. The van der Waals surface area contributed by atoms with Gasteiger partial charge in [-0.25, -0.2) is 9.97 Å². The fourth-order valence-electron chi connectivity index (χ4n) is 3.64. The summed E-state index contributed by atoms with van der Waals surface area (Å²) < 4.78 is 11.7. The highest BCUT2D eigenvalue weighted by molar-refractivity contribution is 6.30. The average Bonchev–Trinajstić information content (AvgIpc) is 3.57. The minimum Gasteiger partial charge on any atom is -0.459 e. The highest BCUT2D eigenvalue weighted by atomic mass is 35.5. The third-order valence-electron chi connectivity index (χ3n) is 5.45. The maximum absolute atomic E-state index is 11.9. The molecule has 0 radical (unpaired) electrons. The highest BCUT2D eigenvalue weighted by Crippen LogP contribution is 2.31. The average molecular weight is 536 g/mol. The monoisotopic (exact) mass is 535 g/mol. The van der Waals surface area contributed by atoms with E-state index in [1.165, 1.54) is 6.33 Å². The lowest BCUT2D eigenvalue weighted by Gasteiger charge is -2.09. The number of nitro groups is 1. The molecule has 0 saturated carbocycles. The van der Waals surface area contributed by atoms with Crippen LogP contribution in [0.25, 0.3) is 22.6 Å². The van der Waals surface area contributed by atoms with E-state index in [4.69, 9.17) is 32.0 Å². The van der Waals surface area contributed by atoms with E-state index in [1.54, 1.807) is 36.4 Å². The summed E-state index contributed by atoms with van der Waals surface area (Å²) in [5.41, 5.74) is 1.45. The Labute approximate surface area is 221 Å². The van der Waals surface area contributed by atoms with Crippen molar-refractivity contribution < 1.29 is 13.8 Å². The van der Waals surface area contributed by atoms with Crippen LogP contribution >= 0.6 is 23.2 Å². The van der Waals surface area contributed by atoms with Gasteiger partial charge in [0, 0.05) is 21.2 Å². The van der Waals surface area contributed by atoms with Crippen molar-refractivity contribution in [3.05, 3.63) is 111 Å². The van der Waals surface area contributed by atoms with Crippen molar-refractivity contribution in [2.75, 3.05) is 10.6 Å². The molecule has 0 spiro atoms. The number of halogens is 2. The van der Waals surface area contributed by atoms with Gasteiger partial charge in [0.1, 0.15) is 29.4 Å². The first-order valence-electron chi connectivity index (χ1n) is 11.1. The molecule has 2 N–H and O–H groups in total.